The SMILES string of the molecule is CC(C)[C@@H](NC(=O)c1cccs1)C(=O)OCC(=O)NCc1ccc2c(c1)OCO2. The molecule has 0 saturated carbocycles. The Hall–Kier alpha value is -3.07. The summed E-state index contributed by atoms with van der Waals surface area (Å²) >= 11 is 1.28. The molecule has 0 radical (unpaired) electrons. The van der Waals surface area contributed by atoms with Crippen LogP contribution in [-0.4, -0.2) is 37.2 Å². The zero-order valence-corrected chi connectivity index (χ0v) is 16.9. The summed E-state index contributed by atoms with van der Waals surface area (Å²) in [6.07, 6.45) is 0. The minimum Gasteiger partial charge on any atom is -0.454 e. The van der Waals surface area contributed by atoms with Crippen LogP contribution < -0.4 is 20.1 Å². The smallest absolute Gasteiger partial charge is 0.329 e. The first-order valence-electron chi connectivity index (χ1n) is 9.10. The molecule has 0 aliphatic carbocycles. The van der Waals surface area contributed by atoms with Crippen LogP contribution in [0.25, 0.3) is 0 Å². The predicted octanol–water partition coefficient (Wildman–Crippen LogP) is 2.09. The minimum atomic E-state index is -0.841. The topological polar surface area (TPSA) is 103 Å². The first-order valence-corrected chi connectivity index (χ1v) is 9.98. The molecule has 1 aromatic heterocycles. The van der Waals surface area contributed by atoms with Crippen molar-refractivity contribution < 1.29 is 28.6 Å². The zero-order chi connectivity index (χ0) is 20.8. The summed E-state index contributed by atoms with van der Waals surface area (Å²) in [5, 5.41) is 7.12. The highest BCUT2D eigenvalue weighted by atomic mass is 32.1. The lowest BCUT2D eigenvalue weighted by Crippen LogP contribution is -2.46. The largest absolute Gasteiger partial charge is 0.454 e. The van der Waals surface area contributed by atoms with Gasteiger partial charge in [-0.1, -0.05) is 26.0 Å². The number of hydrogen-bond donors (Lipinski definition) is 2. The Morgan fingerprint density at radius 1 is 1.17 bits per heavy atom. The molecule has 1 aliphatic heterocycles. The van der Waals surface area contributed by atoms with Crippen molar-refractivity contribution in [2.75, 3.05) is 13.4 Å². The predicted molar refractivity (Wildman–Crippen MR) is 106 cm³/mol. The third-order valence-electron chi connectivity index (χ3n) is 4.22. The van der Waals surface area contributed by atoms with E-state index in [9.17, 15) is 14.4 Å². The Labute approximate surface area is 172 Å². The fourth-order valence-corrected chi connectivity index (χ4v) is 3.27. The van der Waals surface area contributed by atoms with E-state index in [-0.39, 0.29) is 25.2 Å². The van der Waals surface area contributed by atoms with Gasteiger partial charge in [-0.15, -0.1) is 11.3 Å². The van der Waals surface area contributed by atoms with Crippen molar-refractivity contribution in [3.8, 4) is 11.5 Å². The second-order valence-electron chi connectivity index (χ2n) is 6.74. The van der Waals surface area contributed by atoms with E-state index in [1.165, 1.54) is 11.3 Å². The van der Waals surface area contributed by atoms with Crippen LogP contribution in [-0.2, 0) is 20.9 Å². The maximum atomic E-state index is 12.4. The second kappa shape index (κ2) is 9.42. The Morgan fingerprint density at radius 2 is 1.97 bits per heavy atom. The number of carbonyl (C=O) groups excluding carboxylic acids is 3. The first-order chi connectivity index (χ1) is 13.9. The summed E-state index contributed by atoms with van der Waals surface area (Å²) in [4.78, 5) is 37.1. The molecule has 2 heterocycles. The highest BCUT2D eigenvalue weighted by Gasteiger charge is 2.27. The van der Waals surface area contributed by atoms with E-state index >= 15 is 0 Å². The van der Waals surface area contributed by atoms with Crippen molar-refractivity contribution in [3.63, 3.8) is 0 Å². The molecule has 1 aliphatic rings. The molecule has 0 saturated heterocycles. The van der Waals surface area contributed by atoms with Crippen LogP contribution in [0.15, 0.2) is 35.7 Å². The minimum absolute atomic E-state index is 0.182. The number of nitrogens with one attached hydrogen (secondary N) is 2. The lowest BCUT2D eigenvalue weighted by Gasteiger charge is -2.20. The number of rotatable bonds is 8. The average Bonchev–Trinajstić information content (AvgIpc) is 3.39. The van der Waals surface area contributed by atoms with E-state index in [0.29, 0.717) is 16.4 Å². The number of esters is 1. The summed E-state index contributed by atoms with van der Waals surface area (Å²) in [7, 11) is 0. The highest BCUT2D eigenvalue weighted by Crippen LogP contribution is 2.32. The number of fused-ring (bicyclic) bond motifs is 1. The van der Waals surface area contributed by atoms with Crippen LogP contribution in [0.2, 0.25) is 0 Å². The number of ether oxygens (including phenoxy) is 3. The molecule has 154 valence electrons. The van der Waals surface area contributed by atoms with Gasteiger partial charge in [0.1, 0.15) is 6.04 Å². The summed E-state index contributed by atoms with van der Waals surface area (Å²) in [5.41, 5.74) is 0.831. The molecular formula is C20H22N2O6S. The fourth-order valence-electron chi connectivity index (χ4n) is 2.65. The van der Waals surface area contributed by atoms with Crippen molar-refractivity contribution in [1.29, 1.82) is 0 Å². The summed E-state index contributed by atoms with van der Waals surface area (Å²) in [6.45, 7) is 3.60. The van der Waals surface area contributed by atoms with Crippen LogP contribution in [0.4, 0.5) is 0 Å². The number of benzene rings is 1. The molecule has 2 amide bonds. The molecule has 3 rings (SSSR count). The number of carbonyl (C=O) groups is 3. The van der Waals surface area contributed by atoms with Gasteiger partial charge in [0.05, 0.1) is 4.88 Å². The monoisotopic (exact) mass is 418 g/mol. The molecule has 2 N–H and O–H groups in total. The normalized spacial score (nSPS) is 13.1. The van der Waals surface area contributed by atoms with E-state index in [0.717, 1.165) is 5.56 Å². The third kappa shape index (κ3) is 5.47. The molecule has 0 bridgehead atoms. The third-order valence-corrected chi connectivity index (χ3v) is 5.09. The maximum absolute atomic E-state index is 12.4. The zero-order valence-electron chi connectivity index (χ0n) is 16.1. The Morgan fingerprint density at radius 3 is 2.69 bits per heavy atom. The number of thiophene rings is 1. The van der Waals surface area contributed by atoms with Crippen LogP contribution in [0.3, 0.4) is 0 Å². The van der Waals surface area contributed by atoms with Gasteiger partial charge in [-0.3, -0.25) is 9.59 Å². The van der Waals surface area contributed by atoms with Gasteiger partial charge >= 0.3 is 5.97 Å². The molecule has 1 atom stereocenters. The van der Waals surface area contributed by atoms with E-state index in [1.54, 1.807) is 43.5 Å². The van der Waals surface area contributed by atoms with Crippen molar-refractivity contribution >= 4 is 29.1 Å². The second-order valence-corrected chi connectivity index (χ2v) is 7.69. The molecule has 29 heavy (non-hydrogen) atoms. The summed E-state index contributed by atoms with van der Waals surface area (Å²) < 4.78 is 15.6. The Bertz CT molecular complexity index is 881. The van der Waals surface area contributed by atoms with Crippen molar-refractivity contribution in [2.24, 2.45) is 5.92 Å². The molecule has 0 spiro atoms. The van der Waals surface area contributed by atoms with E-state index < -0.39 is 24.5 Å². The molecule has 8 nitrogen and oxygen atoms in total. The van der Waals surface area contributed by atoms with Crippen LogP contribution in [0, 0.1) is 5.92 Å². The lowest BCUT2D eigenvalue weighted by atomic mass is 10.0. The van der Waals surface area contributed by atoms with Gasteiger partial charge in [-0.2, -0.15) is 0 Å². The fraction of sp³-hybridized carbons (Fsp3) is 0.350. The quantitative estimate of drug-likeness (QED) is 0.637. The van der Waals surface area contributed by atoms with Gasteiger partial charge in [0.2, 0.25) is 6.79 Å². The van der Waals surface area contributed by atoms with E-state index in [4.69, 9.17) is 14.2 Å². The van der Waals surface area contributed by atoms with Crippen LogP contribution >= 0.6 is 11.3 Å². The van der Waals surface area contributed by atoms with Gasteiger partial charge in [0.15, 0.2) is 18.1 Å². The van der Waals surface area contributed by atoms with Gasteiger partial charge in [0.25, 0.3) is 11.8 Å². The van der Waals surface area contributed by atoms with Crippen molar-refractivity contribution in [3.05, 3.63) is 46.2 Å². The molecule has 0 fully saturated rings. The van der Waals surface area contributed by atoms with Crippen molar-refractivity contribution in [2.45, 2.75) is 26.4 Å². The van der Waals surface area contributed by atoms with Gasteiger partial charge < -0.3 is 24.8 Å². The highest BCUT2D eigenvalue weighted by molar-refractivity contribution is 7.12. The van der Waals surface area contributed by atoms with Gasteiger partial charge in [-0.05, 0) is 35.1 Å². The lowest BCUT2D eigenvalue weighted by molar-refractivity contribution is -0.151. The molecular weight excluding hydrogens is 396 g/mol. The summed E-state index contributed by atoms with van der Waals surface area (Å²) in [5.74, 6) is -0.333. The molecule has 0 unspecified atom stereocenters. The average molecular weight is 418 g/mol. The van der Waals surface area contributed by atoms with Crippen LogP contribution in [0.1, 0.15) is 29.1 Å². The van der Waals surface area contributed by atoms with E-state index in [2.05, 4.69) is 10.6 Å². The van der Waals surface area contributed by atoms with Crippen LogP contribution in [0.5, 0.6) is 11.5 Å². The van der Waals surface area contributed by atoms with E-state index in [1.807, 2.05) is 6.07 Å². The standard InChI is InChI=1S/C20H22N2O6S/c1-12(2)18(22-19(24)16-4-3-7-29-16)20(25)26-10-17(23)21-9-13-5-6-14-15(8-13)28-11-27-14/h3-8,12,18H,9-11H2,1-2H3,(H,21,23)(H,22,24)/t18-/m1/s1. The molecule has 2 aromatic rings. The first kappa shape index (κ1) is 20.7. The number of amides is 2. The maximum Gasteiger partial charge on any atom is 0.329 e. The molecule has 1 aromatic carbocycles. The number of hydrogen-bond acceptors (Lipinski definition) is 7. The molecule has 9 heteroatoms. The Kier molecular flexibility index (Phi) is 6.71. The van der Waals surface area contributed by atoms with Gasteiger partial charge in [0, 0.05) is 6.54 Å². The van der Waals surface area contributed by atoms with Crippen molar-refractivity contribution in [1.82, 2.24) is 10.6 Å². The Balaban J connectivity index is 1.46. The van der Waals surface area contributed by atoms with Gasteiger partial charge in [-0.25, -0.2) is 4.79 Å². The summed E-state index contributed by atoms with van der Waals surface area (Å²) in [6, 6.07) is 7.95.